The van der Waals surface area contributed by atoms with Crippen molar-refractivity contribution in [3.8, 4) is 11.5 Å². The Morgan fingerprint density at radius 3 is 2.56 bits per heavy atom. The lowest BCUT2D eigenvalue weighted by Gasteiger charge is -2.19. The van der Waals surface area contributed by atoms with E-state index in [4.69, 9.17) is 14.6 Å². The van der Waals surface area contributed by atoms with Gasteiger partial charge in [-0.15, -0.1) is 0 Å². The molecule has 1 aromatic carbocycles. The zero-order valence-corrected chi connectivity index (χ0v) is 11.1. The molecule has 1 rings (SSSR count). The molecule has 1 unspecified atom stereocenters. The molecule has 0 radical (unpaired) electrons. The van der Waals surface area contributed by atoms with Crippen LogP contribution in [0.4, 0.5) is 0 Å². The Hall–Kier alpha value is -1.75. The van der Waals surface area contributed by atoms with Crippen LogP contribution in [-0.4, -0.2) is 43.2 Å². The lowest BCUT2D eigenvalue weighted by Crippen LogP contribution is -2.35. The summed E-state index contributed by atoms with van der Waals surface area (Å²) < 4.78 is 10.7. The van der Waals surface area contributed by atoms with Crippen LogP contribution in [0.1, 0.15) is 12.5 Å². The van der Waals surface area contributed by atoms with E-state index in [9.17, 15) is 4.79 Å². The average Bonchev–Trinajstić information content (AvgIpc) is 2.37. The second-order valence-corrected chi connectivity index (χ2v) is 4.14. The first-order chi connectivity index (χ1) is 8.49. The second kappa shape index (κ2) is 6.26. The topological polar surface area (TPSA) is 59.0 Å². The van der Waals surface area contributed by atoms with Gasteiger partial charge in [0.25, 0.3) is 5.91 Å². The van der Waals surface area contributed by atoms with Crippen molar-refractivity contribution in [1.29, 1.82) is 0 Å². The number of hydrogen-bond donors (Lipinski definition) is 1. The maximum atomic E-state index is 11.7. The number of aliphatic hydroxyl groups excluding tert-OH is 1. The predicted molar refractivity (Wildman–Crippen MR) is 67.7 cm³/mol. The highest BCUT2D eigenvalue weighted by atomic mass is 16.5. The fourth-order valence-corrected chi connectivity index (χ4v) is 1.51. The third-order valence-corrected chi connectivity index (χ3v) is 2.50. The van der Waals surface area contributed by atoms with Crippen LogP contribution in [0.25, 0.3) is 0 Å². The second-order valence-electron chi connectivity index (χ2n) is 4.14. The van der Waals surface area contributed by atoms with Gasteiger partial charge in [0, 0.05) is 14.1 Å². The summed E-state index contributed by atoms with van der Waals surface area (Å²) in [7, 11) is 4.87. The van der Waals surface area contributed by atoms with Crippen molar-refractivity contribution in [2.24, 2.45) is 0 Å². The van der Waals surface area contributed by atoms with Crippen LogP contribution in [-0.2, 0) is 11.4 Å². The Kier molecular flexibility index (Phi) is 4.97. The molecule has 0 aliphatic heterocycles. The lowest BCUT2D eigenvalue weighted by atomic mass is 10.2. The molecule has 0 aliphatic carbocycles. The van der Waals surface area contributed by atoms with E-state index in [0.717, 1.165) is 5.56 Å². The van der Waals surface area contributed by atoms with E-state index in [1.165, 1.54) is 12.0 Å². The number of likely N-dealkylation sites (N-methyl/N-ethyl adjacent to an activating group) is 1. The summed E-state index contributed by atoms with van der Waals surface area (Å²) in [6.07, 6.45) is -0.589. The van der Waals surface area contributed by atoms with Gasteiger partial charge in [-0.25, -0.2) is 0 Å². The summed E-state index contributed by atoms with van der Waals surface area (Å²) in [4.78, 5) is 13.2. The van der Waals surface area contributed by atoms with Gasteiger partial charge in [0.15, 0.2) is 17.6 Å². The smallest absolute Gasteiger partial charge is 0.262 e. The first-order valence-electron chi connectivity index (χ1n) is 5.65. The van der Waals surface area contributed by atoms with Crippen molar-refractivity contribution < 1.29 is 19.4 Å². The molecule has 0 bridgehead atoms. The Morgan fingerprint density at radius 2 is 2.06 bits per heavy atom. The van der Waals surface area contributed by atoms with Gasteiger partial charge in [0.05, 0.1) is 13.7 Å². The molecule has 0 saturated carbocycles. The number of amides is 1. The fourth-order valence-electron chi connectivity index (χ4n) is 1.51. The van der Waals surface area contributed by atoms with Crippen molar-refractivity contribution in [2.75, 3.05) is 21.2 Å². The number of carbonyl (C=O) groups is 1. The number of ether oxygens (including phenoxy) is 2. The molecule has 1 amide bonds. The Morgan fingerprint density at radius 1 is 1.39 bits per heavy atom. The molecule has 1 aromatic rings. The molecule has 1 atom stereocenters. The van der Waals surface area contributed by atoms with Gasteiger partial charge in [-0.1, -0.05) is 6.07 Å². The maximum Gasteiger partial charge on any atom is 0.262 e. The summed E-state index contributed by atoms with van der Waals surface area (Å²) in [6, 6.07) is 5.09. The van der Waals surface area contributed by atoms with Gasteiger partial charge < -0.3 is 19.5 Å². The quantitative estimate of drug-likeness (QED) is 0.852. The summed E-state index contributed by atoms with van der Waals surface area (Å²) in [5.41, 5.74) is 0.728. The SMILES string of the molecule is COc1cc(CO)ccc1OC(C)C(=O)N(C)C. The molecule has 0 heterocycles. The maximum absolute atomic E-state index is 11.7. The van der Waals surface area contributed by atoms with Crippen LogP contribution >= 0.6 is 0 Å². The van der Waals surface area contributed by atoms with Gasteiger partial charge in [0.1, 0.15) is 0 Å². The standard InChI is InChI=1S/C13H19NO4/c1-9(13(16)14(2)3)18-11-6-5-10(8-15)7-12(11)17-4/h5-7,9,15H,8H2,1-4H3. The highest BCUT2D eigenvalue weighted by molar-refractivity contribution is 5.80. The zero-order valence-electron chi connectivity index (χ0n) is 11.1. The van der Waals surface area contributed by atoms with Crippen LogP contribution < -0.4 is 9.47 Å². The van der Waals surface area contributed by atoms with E-state index in [1.54, 1.807) is 39.2 Å². The Labute approximate surface area is 107 Å². The van der Waals surface area contributed by atoms with E-state index in [2.05, 4.69) is 0 Å². The average molecular weight is 253 g/mol. The van der Waals surface area contributed by atoms with Gasteiger partial charge in [-0.3, -0.25) is 4.79 Å². The summed E-state index contributed by atoms with van der Waals surface area (Å²) in [5.74, 6) is 0.862. The van der Waals surface area contributed by atoms with Crippen molar-refractivity contribution in [3.63, 3.8) is 0 Å². The minimum atomic E-state index is -0.589. The highest BCUT2D eigenvalue weighted by Crippen LogP contribution is 2.29. The van der Waals surface area contributed by atoms with Crippen molar-refractivity contribution >= 4 is 5.91 Å². The van der Waals surface area contributed by atoms with E-state index in [1.807, 2.05) is 0 Å². The van der Waals surface area contributed by atoms with Gasteiger partial charge >= 0.3 is 0 Å². The highest BCUT2D eigenvalue weighted by Gasteiger charge is 2.18. The molecule has 0 spiro atoms. The van der Waals surface area contributed by atoms with E-state index < -0.39 is 6.10 Å². The number of rotatable bonds is 5. The number of aliphatic hydroxyl groups is 1. The van der Waals surface area contributed by atoms with Crippen LogP contribution in [0.15, 0.2) is 18.2 Å². The first kappa shape index (κ1) is 14.3. The molecule has 5 heteroatoms. The third kappa shape index (κ3) is 3.37. The van der Waals surface area contributed by atoms with Crippen molar-refractivity contribution in [1.82, 2.24) is 4.90 Å². The van der Waals surface area contributed by atoms with Crippen LogP contribution in [0.2, 0.25) is 0 Å². The largest absolute Gasteiger partial charge is 0.493 e. The Balaban J connectivity index is 2.87. The molecule has 0 aliphatic rings. The number of methoxy groups -OCH3 is 1. The summed E-state index contributed by atoms with van der Waals surface area (Å²) >= 11 is 0. The minimum absolute atomic E-state index is 0.0666. The Bertz CT molecular complexity index is 417. The molecule has 0 aromatic heterocycles. The normalized spacial score (nSPS) is 11.8. The molecule has 5 nitrogen and oxygen atoms in total. The van der Waals surface area contributed by atoms with Crippen LogP contribution in [0, 0.1) is 0 Å². The summed E-state index contributed by atoms with van der Waals surface area (Å²) in [5, 5.41) is 9.03. The monoisotopic (exact) mass is 253 g/mol. The third-order valence-electron chi connectivity index (χ3n) is 2.50. The molecule has 100 valence electrons. The molecule has 0 fully saturated rings. The van der Waals surface area contributed by atoms with E-state index in [0.29, 0.717) is 11.5 Å². The van der Waals surface area contributed by atoms with Gasteiger partial charge in [-0.2, -0.15) is 0 Å². The fraction of sp³-hybridized carbons (Fsp3) is 0.462. The summed E-state index contributed by atoms with van der Waals surface area (Å²) in [6.45, 7) is 1.62. The molecule has 18 heavy (non-hydrogen) atoms. The number of hydrogen-bond acceptors (Lipinski definition) is 4. The minimum Gasteiger partial charge on any atom is -0.493 e. The number of carbonyl (C=O) groups excluding carboxylic acids is 1. The first-order valence-corrected chi connectivity index (χ1v) is 5.65. The van der Waals surface area contributed by atoms with E-state index >= 15 is 0 Å². The molecule has 1 N–H and O–H groups in total. The predicted octanol–water partition coefficient (Wildman–Crippen LogP) is 1.04. The van der Waals surface area contributed by atoms with E-state index in [-0.39, 0.29) is 12.5 Å². The molecular formula is C13H19NO4. The van der Waals surface area contributed by atoms with Crippen LogP contribution in [0.3, 0.4) is 0 Å². The molecule has 0 saturated heterocycles. The van der Waals surface area contributed by atoms with Crippen LogP contribution in [0.5, 0.6) is 11.5 Å². The number of nitrogens with zero attached hydrogens (tertiary/aromatic N) is 1. The van der Waals surface area contributed by atoms with Crippen molar-refractivity contribution in [2.45, 2.75) is 19.6 Å². The van der Waals surface area contributed by atoms with Crippen molar-refractivity contribution in [3.05, 3.63) is 23.8 Å². The van der Waals surface area contributed by atoms with Gasteiger partial charge in [0.2, 0.25) is 0 Å². The molecular weight excluding hydrogens is 234 g/mol. The van der Waals surface area contributed by atoms with Gasteiger partial charge in [-0.05, 0) is 24.6 Å². The zero-order chi connectivity index (χ0) is 13.7. The number of benzene rings is 1. The lowest BCUT2D eigenvalue weighted by molar-refractivity contribution is -0.135.